The summed E-state index contributed by atoms with van der Waals surface area (Å²) in [6, 6.07) is 13.8. The van der Waals surface area contributed by atoms with E-state index < -0.39 is 6.09 Å². The molecule has 2 fully saturated rings. The van der Waals surface area contributed by atoms with Gasteiger partial charge in [0.2, 0.25) is 0 Å². The zero-order valence-electron chi connectivity index (χ0n) is 21.1. The number of aromatic nitrogens is 3. The lowest BCUT2D eigenvalue weighted by molar-refractivity contribution is 0.0692. The van der Waals surface area contributed by atoms with E-state index in [9.17, 15) is 9.59 Å². The first-order valence-corrected chi connectivity index (χ1v) is 12.8. The van der Waals surface area contributed by atoms with Crippen LogP contribution in [0.15, 0.2) is 42.5 Å². The van der Waals surface area contributed by atoms with Gasteiger partial charge in [-0.1, -0.05) is 0 Å². The van der Waals surface area contributed by atoms with E-state index >= 15 is 0 Å². The highest BCUT2D eigenvalue weighted by Gasteiger charge is 2.27. The molecule has 2 aliphatic rings. The maximum atomic E-state index is 13.3. The van der Waals surface area contributed by atoms with Crippen molar-refractivity contribution in [1.29, 1.82) is 0 Å². The number of nitrogens with one attached hydrogen (secondary N) is 1. The topological polar surface area (TPSA) is 102 Å². The van der Waals surface area contributed by atoms with Crippen molar-refractivity contribution >= 4 is 33.9 Å². The first kappa shape index (κ1) is 23.4. The van der Waals surface area contributed by atoms with Crippen molar-refractivity contribution in [3.05, 3.63) is 48.0 Å². The zero-order chi connectivity index (χ0) is 25.7. The van der Waals surface area contributed by atoms with E-state index in [1.54, 1.807) is 12.0 Å². The molecule has 0 radical (unpaired) electrons. The van der Waals surface area contributed by atoms with Gasteiger partial charge in [0.1, 0.15) is 5.75 Å². The first-order valence-electron chi connectivity index (χ1n) is 12.8. The second kappa shape index (κ2) is 9.14. The van der Waals surface area contributed by atoms with Gasteiger partial charge in [-0.15, -0.1) is 0 Å². The lowest BCUT2D eigenvalue weighted by Gasteiger charge is -2.32. The molecule has 2 N–H and O–H groups in total. The predicted octanol–water partition coefficient (Wildman–Crippen LogP) is 4.49. The minimum Gasteiger partial charge on any atom is -0.497 e. The molecule has 9 heteroatoms. The summed E-state index contributed by atoms with van der Waals surface area (Å²) in [5, 5.41) is 12.7. The number of carbonyl (C=O) groups is 2. The molecule has 1 saturated carbocycles. The second-order valence-electron chi connectivity index (χ2n) is 10.2. The van der Waals surface area contributed by atoms with E-state index in [1.165, 1.54) is 12.8 Å². The van der Waals surface area contributed by atoms with Crippen molar-refractivity contribution < 1.29 is 19.4 Å². The van der Waals surface area contributed by atoms with Gasteiger partial charge < -0.3 is 29.2 Å². The Labute approximate surface area is 214 Å². The second-order valence-corrected chi connectivity index (χ2v) is 10.2. The molecule has 1 atom stereocenters. The number of amides is 2. The Hall–Kier alpha value is -4.01. The number of ether oxygens (including phenoxy) is 1. The summed E-state index contributed by atoms with van der Waals surface area (Å²) < 4.78 is 9.94. The standard InChI is InChI=1S/C28H31N5O4/c1-31-23-10-8-19(27(34)32-11-3-4-20(16-32)29-28(35)36)12-22(23)30-26(31)25-13-18-7-9-21(37-2)14-24(18)33(25)15-17-5-6-17/h7-10,12-14,17,20,29H,3-6,11,15-16H2,1-2H3,(H,35,36). The number of hydrogen-bond acceptors (Lipinski definition) is 4. The number of methoxy groups -OCH3 is 1. The third-order valence-electron chi connectivity index (χ3n) is 7.64. The SMILES string of the molecule is COc1ccc2cc(-c3nc4cc(C(=O)N5CCCC(NC(=O)O)C5)ccc4n3C)n(CC3CC3)c2c1. The predicted molar refractivity (Wildman–Crippen MR) is 141 cm³/mol. The lowest BCUT2D eigenvalue weighted by atomic mass is 10.0. The molecule has 1 aliphatic heterocycles. The highest BCUT2D eigenvalue weighted by atomic mass is 16.5. The molecule has 3 heterocycles. The molecule has 9 nitrogen and oxygen atoms in total. The number of rotatable bonds is 6. The summed E-state index contributed by atoms with van der Waals surface area (Å²) in [4.78, 5) is 31.1. The van der Waals surface area contributed by atoms with Gasteiger partial charge in [0, 0.05) is 49.7 Å². The third kappa shape index (κ3) is 4.39. The smallest absolute Gasteiger partial charge is 0.404 e. The van der Waals surface area contributed by atoms with Crippen molar-refractivity contribution in [1.82, 2.24) is 24.3 Å². The monoisotopic (exact) mass is 501 g/mol. The van der Waals surface area contributed by atoms with Crippen LogP contribution in [0.1, 0.15) is 36.0 Å². The van der Waals surface area contributed by atoms with Crippen LogP contribution in [0.25, 0.3) is 33.5 Å². The van der Waals surface area contributed by atoms with Gasteiger partial charge in [-0.2, -0.15) is 0 Å². The van der Waals surface area contributed by atoms with Crippen LogP contribution in [0, 0.1) is 5.92 Å². The van der Waals surface area contributed by atoms with Gasteiger partial charge in [0.25, 0.3) is 5.91 Å². The Morgan fingerprint density at radius 1 is 1.11 bits per heavy atom. The fourth-order valence-electron chi connectivity index (χ4n) is 5.50. The number of imidazole rings is 1. The Morgan fingerprint density at radius 2 is 1.95 bits per heavy atom. The minimum absolute atomic E-state index is 0.0964. The molecular weight excluding hydrogens is 470 g/mol. The van der Waals surface area contributed by atoms with Crippen LogP contribution in [0.3, 0.4) is 0 Å². The molecule has 0 spiro atoms. The molecule has 2 aromatic carbocycles. The Balaban J connectivity index is 1.36. The lowest BCUT2D eigenvalue weighted by Crippen LogP contribution is -2.49. The summed E-state index contributed by atoms with van der Waals surface area (Å²) >= 11 is 0. The zero-order valence-corrected chi connectivity index (χ0v) is 21.1. The fourth-order valence-corrected chi connectivity index (χ4v) is 5.50. The van der Waals surface area contributed by atoms with Crippen LogP contribution in [0.4, 0.5) is 4.79 Å². The van der Waals surface area contributed by atoms with Crippen molar-refractivity contribution in [3.63, 3.8) is 0 Å². The number of fused-ring (bicyclic) bond motifs is 2. The fraction of sp³-hybridized carbons (Fsp3) is 0.393. The molecule has 6 rings (SSSR count). The number of nitrogens with zero attached hydrogens (tertiary/aromatic N) is 4. The Bertz CT molecular complexity index is 1520. The average Bonchev–Trinajstić information content (AvgIpc) is 3.57. The number of benzene rings is 2. The molecule has 1 unspecified atom stereocenters. The van der Waals surface area contributed by atoms with Crippen LogP contribution in [-0.2, 0) is 13.6 Å². The number of carbonyl (C=O) groups excluding carboxylic acids is 1. The molecule has 37 heavy (non-hydrogen) atoms. The van der Waals surface area contributed by atoms with Crippen LogP contribution < -0.4 is 10.1 Å². The highest BCUT2D eigenvalue weighted by molar-refractivity contribution is 5.98. The molecule has 4 aromatic rings. The summed E-state index contributed by atoms with van der Waals surface area (Å²) in [5.74, 6) is 2.28. The average molecular weight is 502 g/mol. The molecule has 2 amide bonds. The molecule has 1 aliphatic carbocycles. The molecule has 2 aromatic heterocycles. The minimum atomic E-state index is -1.06. The maximum Gasteiger partial charge on any atom is 0.404 e. The summed E-state index contributed by atoms with van der Waals surface area (Å²) in [5.41, 5.74) is 4.48. The van der Waals surface area contributed by atoms with E-state index in [1.807, 2.05) is 31.3 Å². The first-order chi connectivity index (χ1) is 17.9. The van der Waals surface area contributed by atoms with Crippen LogP contribution in [-0.4, -0.2) is 62.4 Å². The largest absolute Gasteiger partial charge is 0.497 e. The van der Waals surface area contributed by atoms with Crippen molar-refractivity contribution in [3.8, 4) is 17.3 Å². The number of likely N-dealkylation sites (tertiary alicyclic amines) is 1. The van der Waals surface area contributed by atoms with Gasteiger partial charge in [0.05, 0.1) is 29.4 Å². The van der Waals surface area contributed by atoms with Gasteiger partial charge >= 0.3 is 6.09 Å². The number of piperidine rings is 1. The van der Waals surface area contributed by atoms with Gasteiger partial charge in [-0.05, 0) is 68.0 Å². The van der Waals surface area contributed by atoms with E-state index in [0.717, 1.165) is 58.6 Å². The summed E-state index contributed by atoms with van der Waals surface area (Å²) in [6.07, 6.45) is 2.94. The molecule has 0 bridgehead atoms. The van der Waals surface area contributed by atoms with Crippen molar-refractivity contribution in [2.75, 3.05) is 20.2 Å². The van der Waals surface area contributed by atoms with E-state index in [2.05, 4.69) is 32.7 Å². The van der Waals surface area contributed by atoms with E-state index in [4.69, 9.17) is 14.8 Å². The number of aryl methyl sites for hydroxylation is 1. The van der Waals surface area contributed by atoms with Crippen LogP contribution >= 0.6 is 0 Å². The number of hydrogen-bond donors (Lipinski definition) is 2. The van der Waals surface area contributed by atoms with Crippen molar-refractivity contribution in [2.45, 2.75) is 38.3 Å². The molecular formula is C28H31N5O4. The number of carboxylic acid groups (broad SMARTS) is 1. The third-order valence-corrected chi connectivity index (χ3v) is 7.64. The van der Waals surface area contributed by atoms with E-state index in [0.29, 0.717) is 24.6 Å². The van der Waals surface area contributed by atoms with Gasteiger partial charge in [-0.25, -0.2) is 9.78 Å². The Morgan fingerprint density at radius 3 is 2.70 bits per heavy atom. The van der Waals surface area contributed by atoms with Gasteiger partial charge in [-0.3, -0.25) is 4.79 Å². The highest BCUT2D eigenvalue weighted by Crippen LogP contribution is 2.37. The maximum absolute atomic E-state index is 13.3. The quantitative estimate of drug-likeness (QED) is 0.406. The van der Waals surface area contributed by atoms with E-state index in [-0.39, 0.29) is 11.9 Å². The van der Waals surface area contributed by atoms with Gasteiger partial charge in [0.15, 0.2) is 5.82 Å². The summed E-state index contributed by atoms with van der Waals surface area (Å²) in [6.45, 7) is 1.94. The van der Waals surface area contributed by atoms with Crippen molar-refractivity contribution in [2.24, 2.45) is 13.0 Å². The Kier molecular flexibility index (Phi) is 5.78. The molecule has 192 valence electrons. The van der Waals surface area contributed by atoms with Crippen LogP contribution in [0.5, 0.6) is 5.75 Å². The van der Waals surface area contributed by atoms with Crippen LogP contribution in [0.2, 0.25) is 0 Å². The normalized spacial score (nSPS) is 17.9. The molecule has 1 saturated heterocycles. The summed E-state index contributed by atoms with van der Waals surface area (Å²) in [7, 11) is 3.70.